The van der Waals surface area contributed by atoms with E-state index in [1.807, 2.05) is 29.2 Å². The van der Waals surface area contributed by atoms with Gasteiger partial charge in [0.15, 0.2) is 11.4 Å². The zero-order valence-electron chi connectivity index (χ0n) is 37.2. The second-order valence-electron chi connectivity index (χ2n) is 19.3. The van der Waals surface area contributed by atoms with E-state index in [1.54, 1.807) is 12.3 Å². The smallest absolute Gasteiger partial charge is 0.297 e. The summed E-state index contributed by atoms with van der Waals surface area (Å²) >= 11 is 0. The van der Waals surface area contributed by atoms with E-state index in [-0.39, 0.29) is 41.1 Å². The van der Waals surface area contributed by atoms with Crippen LogP contribution >= 0.6 is 0 Å². The Morgan fingerprint density at radius 2 is 1.82 bits per heavy atom. The molecule has 2 aromatic heterocycles. The number of benzene rings is 3. The third-order valence-electron chi connectivity index (χ3n) is 15.0. The molecule has 8 heterocycles. The third-order valence-corrected chi connectivity index (χ3v) is 16.4. The minimum atomic E-state index is -4.68. The van der Waals surface area contributed by atoms with E-state index >= 15 is 0 Å². The van der Waals surface area contributed by atoms with Gasteiger partial charge in [-0.3, -0.25) is 24.7 Å². The highest BCUT2D eigenvalue weighted by Gasteiger charge is 2.55. The van der Waals surface area contributed by atoms with Gasteiger partial charge in [-0.1, -0.05) is 24.3 Å². The number of ether oxygens (including phenoxy) is 4. The highest BCUT2D eigenvalue weighted by molar-refractivity contribution is 7.90. The lowest BCUT2D eigenvalue weighted by Crippen LogP contribution is -2.66. The molecule has 1 amide bonds. The Bertz CT molecular complexity index is 2890. The van der Waals surface area contributed by atoms with Crippen LogP contribution in [0.3, 0.4) is 0 Å². The summed E-state index contributed by atoms with van der Waals surface area (Å²) in [5, 5.41) is 16.5. The molecule has 19 heteroatoms. The van der Waals surface area contributed by atoms with Crippen molar-refractivity contribution in [2.75, 3.05) is 87.4 Å². The molecule has 5 fully saturated rings. The Labute approximate surface area is 387 Å². The number of nitrogens with one attached hydrogen (secondary N) is 3. The quantitative estimate of drug-likeness (QED) is 0.117. The first-order valence-corrected chi connectivity index (χ1v) is 24.8. The number of hydrogen-bond donors (Lipinski definition) is 3. The van der Waals surface area contributed by atoms with Crippen LogP contribution in [-0.4, -0.2) is 136 Å². The number of carbonyl (C=O) groups is 1. The predicted molar refractivity (Wildman–Crippen MR) is 249 cm³/mol. The number of rotatable bonds is 10. The van der Waals surface area contributed by atoms with Gasteiger partial charge < -0.3 is 39.0 Å². The number of fused-ring (bicyclic) bond motifs is 4. The van der Waals surface area contributed by atoms with Gasteiger partial charge in [0.25, 0.3) is 21.6 Å². The molecule has 0 unspecified atom stereocenters. The van der Waals surface area contributed by atoms with Gasteiger partial charge in [0.2, 0.25) is 5.88 Å². The van der Waals surface area contributed by atoms with Gasteiger partial charge in [-0.2, -0.15) is 4.98 Å². The molecule has 3 N–H and O–H groups in total. The van der Waals surface area contributed by atoms with Crippen molar-refractivity contribution in [2.45, 2.75) is 67.8 Å². The number of carbonyl (C=O) groups excluding carboxylic acids is 1. The van der Waals surface area contributed by atoms with Gasteiger partial charge in [-0.25, -0.2) is 13.1 Å². The average Bonchev–Trinajstić information content (AvgIpc) is 4.08. The minimum absolute atomic E-state index is 0.0164. The fraction of sp³-hybridized carbons (Fsp3) is 0.458. The summed E-state index contributed by atoms with van der Waals surface area (Å²) in [4.78, 5) is 43.2. The lowest BCUT2D eigenvalue weighted by atomic mass is 9.60. The van der Waals surface area contributed by atoms with Crippen molar-refractivity contribution in [1.82, 2.24) is 24.5 Å². The molecular weight excluding hydrogens is 879 g/mol. The van der Waals surface area contributed by atoms with Crippen molar-refractivity contribution >= 4 is 55.4 Å². The molecule has 350 valence electrons. The number of likely N-dealkylation sites (tertiary alicyclic amines) is 1. The number of nitro groups is 1. The molecule has 0 radical (unpaired) electrons. The zero-order chi connectivity index (χ0) is 45.6. The van der Waals surface area contributed by atoms with E-state index in [0.29, 0.717) is 68.0 Å². The van der Waals surface area contributed by atoms with Crippen LogP contribution in [0.1, 0.15) is 53.2 Å². The molecule has 7 aliphatic rings. The number of morpholine rings is 1. The summed E-state index contributed by atoms with van der Waals surface area (Å²) in [5.41, 5.74) is 5.33. The number of aryl methyl sites for hydroxylation is 1. The number of amides is 1. The van der Waals surface area contributed by atoms with E-state index < -0.39 is 37.5 Å². The molecular formula is C48H53N9O9S. The SMILES string of the molecule is Cc1ccccc1[C@@H]1CCCN1C1CC2(C1)CN(c1ccc(C(=O)NS(=O)(=O)c3cc4c(c([N+](=O)[O-])c3)N[C@H](CN3CCOCC3)CO4)c(N3c4cc5cc[nH]c5nc4O[C@H]4COC[C@@H]43)c1)C2. The minimum Gasteiger partial charge on any atom is -0.489 e. The van der Waals surface area contributed by atoms with Crippen molar-refractivity contribution in [1.29, 1.82) is 0 Å². The number of pyridine rings is 1. The zero-order valence-corrected chi connectivity index (χ0v) is 38.0. The number of nitrogens with zero attached hydrogens (tertiary/aromatic N) is 6. The van der Waals surface area contributed by atoms with Crippen LogP contribution in [0.15, 0.2) is 77.8 Å². The van der Waals surface area contributed by atoms with Gasteiger partial charge in [0.1, 0.15) is 24.0 Å². The summed E-state index contributed by atoms with van der Waals surface area (Å²) in [7, 11) is -4.68. The fourth-order valence-corrected chi connectivity index (χ4v) is 12.7. The van der Waals surface area contributed by atoms with Gasteiger partial charge >= 0.3 is 0 Å². The molecule has 4 saturated heterocycles. The number of aromatic nitrogens is 2. The molecule has 1 aliphatic carbocycles. The third kappa shape index (κ3) is 7.51. The van der Waals surface area contributed by atoms with Crippen molar-refractivity contribution in [3.63, 3.8) is 0 Å². The van der Waals surface area contributed by atoms with E-state index in [9.17, 15) is 23.3 Å². The van der Waals surface area contributed by atoms with Crippen LogP contribution < -0.4 is 29.3 Å². The molecule has 67 heavy (non-hydrogen) atoms. The molecule has 6 aliphatic heterocycles. The van der Waals surface area contributed by atoms with Crippen molar-refractivity contribution in [2.24, 2.45) is 5.41 Å². The Kier molecular flexibility index (Phi) is 10.3. The second-order valence-corrected chi connectivity index (χ2v) is 21.0. The van der Waals surface area contributed by atoms with Crippen LogP contribution in [0, 0.1) is 22.5 Å². The maximum absolute atomic E-state index is 14.6. The monoisotopic (exact) mass is 931 g/mol. The number of nitro benzene ring substituents is 1. The van der Waals surface area contributed by atoms with Crippen molar-refractivity contribution in [3.8, 4) is 11.6 Å². The first kappa shape index (κ1) is 42.4. The Morgan fingerprint density at radius 1 is 0.985 bits per heavy atom. The van der Waals surface area contributed by atoms with E-state index in [2.05, 4.69) is 60.9 Å². The van der Waals surface area contributed by atoms with E-state index in [1.165, 1.54) is 30.0 Å². The number of H-pyrrole nitrogens is 1. The summed E-state index contributed by atoms with van der Waals surface area (Å²) in [5.74, 6) is -0.522. The summed E-state index contributed by atoms with van der Waals surface area (Å²) in [6, 6.07) is 20.7. The molecule has 1 spiro atoms. The summed E-state index contributed by atoms with van der Waals surface area (Å²) in [6.45, 7) is 9.05. The van der Waals surface area contributed by atoms with Crippen molar-refractivity contribution < 1.29 is 37.1 Å². The fourth-order valence-electron chi connectivity index (χ4n) is 11.7. The van der Waals surface area contributed by atoms with E-state index in [4.69, 9.17) is 23.9 Å². The molecule has 18 nitrogen and oxygen atoms in total. The lowest BCUT2D eigenvalue weighted by molar-refractivity contribution is -0.384. The topological polar surface area (TPSA) is 197 Å². The highest BCUT2D eigenvalue weighted by atomic mass is 32.2. The Morgan fingerprint density at radius 3 is 2.64 bits per heavy atom. The van der Waals surface area contributed by atoms with Crippen LogP contribution in [0.25, 0.3) is 11.0 Å². The molecule has 1 saturated carbocycles. The van der Waals surface area contributed by atoms with Crippen molar-refractivity contribution in [3.05, 3.63) is 99.7 Å². The molecule has 12 rings (SSSR count). The maximum Gasteiger partial charge on any atom is 0.297 e. The Hall–Kier alpha value is -5.99. The van der Waals surface area contributed by atoms with Gasteiger partial charge in [-0.15, -0.1) is 0 Å². The highest BCUT2D eigenvalue weighted by Crippen LogP contribution is 2.55. The van der Waals surface area contributed by atoms with Gasteiger partial charge in [-0.05, 0) is 80.6 Å². The first-order valence-electron chi connectivity index (χ1n) is 23.3. The van der Waals surface area contributed by atoms with Crippen LogP contribution in [0.2, 0.25) is 0 Å². The van der Waals surface area contributed by atoms with Crippen LogP contribution in [0.5, 0.6) is 11.6 Å². The first-order chi connectivity index (χ1) is 32.5. The number of hydrogen-bond acceptors (Lipinski definition) is 15. The molecule has 5 aromatic rings. The normalized spacial score (nSPS) is 24.7. The lowest BCUT2D eigenvalue weighted by Gasteiger charge is -2.62. The maximum atomic E-state index is 14.6. The number of sulfonamides is 1. The van der Waals surface area contributed by atoms with Gasteiger partial charge in [0.05, 0.1) is 59.6 Å². The summed E-state index contributed by atoms with van der Waals surface area (Å²) in [6.07, 6.45) is 6.03. The molecule has 3 aromatic carbocycles. The van der Waals surface area contributed by atoms with E-state index in [0.717, 1.165) is 62.7 Å². The average molecular weight is 932 g/mol. The van der Waals surface area contributed by atoms with Crippen LogP contribution in [-0.2, 0) is 19.5 Å². The standard InChI is InChI=1S/C48H53N9O9S/c1-29-5-2-3-6-35(29)37-7-4-12-55(37)33-21-48(22-33)27-54(28-48)32-8-9-36(38(18-32)56-40-17-30-10-11-49-45(30)51-47(40)66-43-26-64-25-41(43)56)46(58)52-67(61,62)34-19-39(57(59)60)44-42(20-34)65-24-31(50-44)23-53-13-15-63-16-14-53/h2-3,5-6,8-11,17-20,31,33,37,41,43,50H,4,7,12-16,21-28H2,1H3,(H,49,51)(H,52,58)/t31-,37+,41+,43+/m1/s1. The number of anilines is 4. The second kappa shape index (κ2) is 16.4. The van der Waals surface area contributed by atoms with Gasteiger partial charge in [0, 0.05) is 79.6 Å². The number of aromatic amines is 1. The molecule has 4 atom stereocenters. The summed E-state index contributed by atoms with van der Waals surface area (Å²) < 4.78 is 54.6. The molecule has 0 bridgehead atoms. The van der Waals surface area contributed by atoms with Crippen LogP contribution in [0.4, 0.5) is 28.4 Å². The predicted octanol–water partition coefficient (Wildman–Crippen LogP) is 5.51. The largest absolute Gasteiger partial charge is 0.489 e. The Balaban J connectivity index is 0.838.